The standard InChI is InChI=1S/C29H23ClN2O3/c1-35-27-17-23(30)12-15-25(27)28(33)31-24-13-10-19(11-14-24)29(34)32-18-22-8-3-2-6-20(22)16-21-7-4-5-9-26(21)32/h2-15,17H,16,18H2,1H3,(H,31,33). The summed E-state index contributed by atoms with van der Waals surface area (Å²) in [5, 5.41) is 3.33. The molecule has 6 heteroatoms. The molecule has 0 fully saturated rings. The first kappa shape index (κ1) is 22.7. The molecule has 0 radical (unpaired) electrons. The Bertz CT molecular complexity index is 1420. The van der Waals surface area contributed by atoms with Crippen LogP contribution in [0, 0.1) is 0 Å². The SMILES string of the molecule is COc1cc(Cl)ccc1C(=O)Nc1ccc(C(=O)N2Cc3ccccc3Cc3ccccc32)cc1. The molecule has 5 rings (SSSR count). The highest BCUT2D eigenvalue weighted by atomic mass is 35.5. The Morgan fingerprint density at radius 3 is 2.29 bits per heavy atom. The second-order valence-electron chi connectivity index (χ2n) is 8.34. The molecule has 4 aromatic rings. The molecule has 0 bridgehead atoms. The van der Waals surface area contributed by atoms with Gasteiger partial charge < -0.3 is 15.0 Å². The van der Waals surface area contributed by atoms with Crippen molar-refractivity contribution in [2.24, 2.45) is 0 Å². The number of para-hydroxylation sites is 1. The van der Waals surface area contributed by atoms with Crippen molar-refractivity contribution in [3.8, 4) is 5.75 Å². The Balaban J connectivity index is 1.39. The molecule has 0 unspecified atom stereocenters. The summed E-state index contributed by atoms with van der Waals surface area (Å²) >= 11 is 5.99. The van der Waals surface area contributed by atoms with E-state index in [0.717, 1.165) is 23.2 Å². The van der Waals surface area contributed by atoms with Crippen molar-refractivity contribution in [3.05, 3.63) is 124 Å². The van der Waals surface area contributed by atoms with Crippen LogP contribution in [-0.4, -0.2) is 18.9 Å². The topological polar surface area (TPSA) is 58.6 Å². The van der Waals surface area contributed by atoms with E-state index in [2.05, 4.69) is 23.5 Å². The minimum atomic E-state index is -0.323. The highest BCUT2D eigenvalue weighted by Gasteiger charge is 2.24. The van der Waals surface area contributed by atoms with E-state index in [9.17, 15) is 9.59 Å². The van der Waals surface area contributed by atoms with E-state index in [1.54, 1.807) is 42.5 Å². The Labute approximate surface area is 208 Å². The van der Waals surface area contributed by atoms with E-state index >= 15 is 0 Å². The predicted octanol–water partition coefficient (Wildman–Crippen LogP) is 6.35. The fourth-order valence-electron chi connectivity index (χ4n) is 4.35. The number of hydrogen-bond donors (Lipinski definition) is 1. The highest BCUT2D eigenvalue weighted by molar-refractivity contribution is 6.31. The second-order valence-corrected chi connectivity index (χ2v) is 8.78. The predicted molar refractivity (Wildman–Crippen MR) is 139 cm³/mol. The molecule has 174 valence electrons. The molecule has 0 saturated heterocycles. The van der Waals surface area contributed by atoms with Crippen molar-refractivity contribution in [2.75, 3.05) is 17.3 Å². The van der Waals surface area contributed by atoms with Gasteiger partial charge in [0.2, 0.25) is 0 Å². The molecule has 2 amide bonds. The van der Waals surface area contributed by atoms with Crippen molar-refractivity contribution in [2.45, 2.75) is 13.0 Å². The third-order valence-electron chi connectivity index (χ3n) is 6.15. The van der Waals surface area contributed by atoms with E-state index in [1.807, 2.05) is 35.2 Å². The molecule has 1 heterocycles. The van der Waals surface area contributed by atoms with Gasteiger partial charge in [-0.3, -0.25) is 9.59 Å². The summed E-state index contributed by atoms with van der Waals surface area (Å²) in [5.74, 6) is -0.0241. The van der Waals surface area contributed by atoms with Crippen LogP contribution < -0.4 is 15.0 Å². The molecule has 0 atom stereocenters. The first-order valence-corrected chi connectivity index (χ1v) is 11.6. The van der Waals surface area contributed by atoms with Crippen LogP contribution in [0.3, 0.4) is 0 Å². The maximum atomic E-state index is 13.6. The number of benzene rings is 4. The molecular weight excluding hydrogens is 460 g/mol. The number of carbonyl (C=O) groups is 2. The number of amides is 2. The molecule has 0 aromatic heterocycles. The van der Waals surface area contributed by atoms with Gasteiger partial charge in [0, 0.05) is 22.0 Å². The Morgan fingerprint density at radius 1 is 0.857 bits per heavy atom. The van der Waals surface area contributed by atoms with Crippen LogP contribution in [0.15, 0.2) is 91.0 Å². The third kappa shape index (κ3) is 4.63. The number of fused-ring (bicyclic) bond motifs is 2. The minimum Gasteiger partial charge on any atom is -0.496 e. The number of hydrogen-bond acceptors (Lipinski definition) is 3. The van der Waals surface area contributed by atoms with Crippen molar-refractivity contribution in [1.82, 2.24) is 0 Å². The van der Waals surface area contributed by atoms with Crippen molar-refractivity contribution >= 4 is 34.8 Å². The molecule has 0 spiro atoms. The van der Waals surface area contributed by atoms with E-state index in [-0.39, 0.29) is 11.8 Å². The summed E-state index contributed by atoms with van der Waals surface area (Å²) in [4.78, 5) is 28.2. The van der Waals surface area contributed by atoms with Gasteiger partial charge in [0.1, 0.15) is 5.75 Å². The lowest BCUT2D eigenvalue weighted by Crippen LogP contribution is -2.30. The van der Waals surface area contributed by atoms with Crippen LogP contribution >= 0.6 is 11.6 Å². The quantitative estimate of drug-likeness (QED) is 0.368. The Morgan fingerprint density at radius 2 is 1.54 bits per heavy atom. The van der Waals surface area contributed by atoms with Crippen LogP contribution in [-0.2, 0) is 13.0 Å². The number of halogens is 1. The van der Waals surface area contributed by atoms with E-state index in [1.165, 1.54) is 12.7 Å². The van der Waals surface area contributed by atoms with Gasteiger partial charge >= 0.3 is 0 Å². The summed E-state index contributed by atoms with van der Waals surface area (Å²) in [5.41, 5.74) is 5.89. The summed E-state index contributed by atoms with van der Waals surface area (Å²) in [6.07, 6.45) is 0.787. The normalized spacial score (nSPS) is 12.2. The fourth-order valence-corrected chi connectivity index (χ4v) is 4.51. The minimum absolute atomic E-state index is 0.0913. The van der Waals surface area contributed by atoms with Gasteiger partial charge in [0.25, 0.3) is 11.8 Å². The van der Waals surface area contributed by atoms with Crippen molar-refractivity contribution in [3.63, 3.8) is 0 Å². The number of methoxy groups -OCH3 is 1. The lowest BCUT2D eigenvalue weighted by atomic mass is 10.0. The smallest absolute Gasteiger partial charge is 0.259 e. The van der Waals surface area contributed by atoms with Crippen molar-refractivity contribution in [1.29, 1.82) is 0 Å². The number of carbonyl (C=O) groups excluding carboxylic acids is 2. The van der Waals surface area contributed by atoms with Gasteiger partial charge in [-0.05, 0) is 71.6 Å². The van der Waals surface area contributed by atoms with E-state index in [4.69, 9.17) is 16.3 Å². The number of nitrogens with zero attached hydrogens (tertiary/aromatic N) is 1. The summed E-state index contributed by atoms with van der Waals surface area (Å²) in [7, 11) is 1.49. The number of anilines is 2. The van der Waals surface area contributed by atoms with Gasteiger partial charge in [-0.2, -0.15) is 0 Å². The lowest BCUT2D eigenvalue weighted by molar-refractivity contribution is 0.0984. The van der Waals surface area contributed by atoms with Gasteiger partial charge in [-0.1, -0.05) is 54.1 Å². The maximum Gasteiger partial charge on any atom is 0.259 e. The Kier molecular flexibility index (Phi) is 6.25. The molecule has 1 N–H and O–H groups in total. The van der Waals surface area contributed by atoms with Gasteiger partial charge in [0.05, 0.1) is 19.2 Å². The monoisotopic (exact) mass is 482 g/mol. The zero-order valence-electron chi connectivity index (χ0n) is 19.1. The zero-order chi connectivity index (χ0) is 24.4. The van der Waals surface area contributed by atoms with Crippen molar-refractivity contribution < 1.29 is 14.3 Å². The van der Waals surface area contributed by atoms with Crippen LogP contribution in [0.25, 0.3) is 0 Å². The first-order chi connectivity index (χ1) is 17.0. The molecule has 4 aromatic carbocycles. The number of rotatable bonds is 4. The first-order valence-electron chi connectivity index (χ1n) is 11.2. The average Bonchev–Trinajstić information content (AvgIpc) is 3.05. The third-order valence-corrected chi connectivity index (χ3v) is 6.39. The highest BCUT2D eigenvalue weighted by Crippen LogP contribution is 2.32. The van der Waals surface area contributed by atoms with E-state index < -0.39 is 0 Å². The second kappa shape index (κ2) is 9.65. The number of nitrogens with one attached hydrogen (secondary N) is 1. The zero-order valence-corrected chi connectivity index (χ0v) is 19.9. The van der Waals surface area contributed by atoms with Crippen LogP contribution in [0.5, 0.6) is 5.75 Å². The summed E-state index contributed by atoms with van der Waals surface area (Å²) in [6, 6.07) is 28.0. The molecule has 5 nitrogen and oxygen atoms in total. The number of ether oxygens (including phenoxy) is 1. The van der Waals surface area contributed by atoms with Gasteiger partial charge in [0.15, 0.2) is 0 Å². The fraction of sp³-hybridized carbons (Fsp3) is 0.103. The summed E-state index contributed by atoms with van der Waals surface area (Å²) in [6.45, 7) is 0.501. The Hall–Kier alpha value is -4.09. The van der Waals surface area contributed by atoms with E-state index in [0.29, 0.717) is 34.1 Å². The van der Waals surface area contributed by atoms with Crippen LogP contribution in [0.2, 0.25) is 5.02 Å². The average molecular weight is 483 g/mol. The molecule has 1 aliphatic heterocycles. The molecule has 0 saturated carbocycles. The van der Waals surface area contributed by atoms with Crippen LogP contribution in [0.1, 0.15) is 37.4 Å². The largest absolute Gasteiger partial charge is 0.496 e. The van der Waals surface area contributed by atoms with Gasteiger partial charge in [-0.25, -0.2) is 0 Å². The molecular formula is C29H23ClN2O3. The molecule has 0 aliphatic carbocycles. The van der Waals surface area contributed by atoms with Crippen LogP contribution in [0.4, 0.5) is 11.4 Å². The van der Waals surface area contributed by atoms with Gasteiger partial charge in [-0.15, -0.1) is 0 Å². The summed E-state index contributed by atoms with van der Waals surface area (Å²) < 4.78 is 5.27. The maximum absolute atomic E-state index is 13.6. The molecule has 35 heavy (non-hydrogen) atoms. The lowest BCUT2D eigenvalue weighted by Gasteiger charge is -2.23. The molecule has 1 aliphatic rings.